The average molecular weight is 224 g/mol. The summed E-state index contributed by atoms with van der Waals surface area (Å²) in [6, 6.07) is 1.09. The molecule has 1 N–H and O–H groups in total. The van der Waals surface area contributed by atoms with Gasteiger partial charge < -0.3 is 9.84 Å². The molecule has 86 valence electrons. The van der Waals surface area contributed by atoms with Gasteiger partial charge in [-0.05, 0) is 6.42 Å². The number of ether oxygens (including phenoxy) is 1. The predicted molar refractivity (Wildman–Crippen MR) is 54.2 cm³/mol. The van der Waals surface area contributed by atoms with Crippen LogP contribution >= 0.6 is 0 Å². The van der Waals surface area contributed by atoms with E-state index in [2.05, 4.69) is 9.97 Å². The molecule has 1 heterocycles. The van der Waals surface area contributed by atoms with E-state index >= 15 is 0 Å². The predicted octanol–water partition coefficient (Wildman–Crippen LogP) is 1.13. The lowest BCUT2D eigenvalue weighted by atomic mass is 10.3. The summed E-state index contributed by atoms with van der Waals surface area (Å²) in [7, 11) is 0. The number of nitrogens with zero attached hydrogens (tertiary/aromatic N) is 2. The van der Waals surface area contributed by atoms with E-state index in [0.29, 0.717) is 6.61 Å². The Labute approximate surface area is 92.3 Å². The SMILES string of the molecule is CCCCOC(=O)c1cc(C(=O)O)ncn1. The van der Waals surface area contributed by atoms with Gasteiger partial charge in [0.05, 0.1) is 6.61 Å². The Morgan fingerprint density at radius 1 is 1.38 bits per heavy atom. The van der Waals surface area contributed by atoms with Crippen LogP contribution in [0.5, 0.6) is 0 Å². The molecule has 16 heavy (non-hydrogen) atoms. The summed E-state index contributed by atoms with van der Waals surface area (Å²) in [5.41, 5.74) is -0.263. The summed E-state index contributed by atoms with van der Waals surface area (Å²) in [5.74, 6) is -1.83. The van der Waals surface area contributed by atoms with Gasteiger partial charge in [-0.2, -0.15) is 0 Å². The number of hydrogen-bond donors (Lipinski definition) is 1. The van der Waals surface area contributed by atoms with Crippen molar-refractivity contribution in [1.29, 1.82) is 0 Å². The number of carbonyl (C=O) groups is 2. The molecular weight excluding hydrogens is 212 g/mol. The maximum Gasteiger partial charge on any atom is 0.357 e. The zero-order chi connectivity index (χ0) is 12.0. The number of carbonyl (C=O) groups excluding carboxylic acids is 1. The third kappa shape index (κ3) is 3.30. The molecular formula is C10H12N2O4. The number of rotatable bonds is 5. The Morgan fingerprint density at radius 2 is 2.06 bits per heavy atom. The van der Waals surface area contributed by atoms with Gasteiger partial charge in [-0.3, -0.25) is 0 Å². The van der Waals surface area contributed by atoms with Gasteiger partial charge in [0.25, 0.3) is 0 Å². The first kappa shape index (κ1) is 12.1. The molecule has 0 saturated heterocycles. The molecule has 0 spiro atoms. The molecule has 0 aromatic carbocycles. The molecule has 0 radical (unpaired) electrons. The fraction of sp³-hybridized carbons (Fsp3) is 0.400. The summed E-state index contributed by atoms with van der Waals surface area (Å²) in [6.07, 6.45) is 2.71. The zero-order valence-corrected chi connectivity index (χ0v) is 8.84. The molecule has 0 fully saturated rings. The van der Waals surface area contributed by atoms with E-state index in [1.54, 1.807) is 0 Å². The molecule has 0 aliphatic carbocycles. The molecule has 0 aliphatic rings. The Kier molecular flexibility index (Phi) is 4.38. The van der Waals surface area contributed by atoms with Crippen molar-refractivity contribution in [2.75, 3.05) is 6.61 Å². The van der Waals surface area contributed by atoms with E-state index in [1.165, 1.54) is 0 Å². The second-order valence-electron chi connectivity index (χ2n) is 3.08. The third-order valence-electron chi connectivity index (χ3n) is 1.83. The summed E-state index contributed by atoms with van der Waals surface area (Å²) in [6.45, 7) is 2.28. The second kappa shape index (κ2) is 5.79. The number of esters is 1. The minimum Gasteiger partial charge on any atom is -0.477 e. The molecule has 0 unspecified atom stereocenters. The van der Waals surface area contributed by atoms with E-state index in [1.807, 2.05) is 6.92 Å². The van der Waals surface area contributed by atoms with Crippen LogP contribution in [0.4, 0.5) is 0 Å². The highest BCUT2D eigenvalue weighted by molar-refractivity contribution is 5.91. The van der Waals surface area contributed by atoms with Crippen molar-refractivity contribution in [1.82, 2.24) is 9.97 Å². The van der Waals surface area contributed by atoms with Crippen LogP contribution in [0.25, 0.3) is 0 Å². The molecule has 1 rings (SSSR count). The van der Waals surface area contributed by atoms with Gasteiger partial charge in [0.15, 0.2) is 11.4 Å². The van der Waals surface area contributed by atoms with Crippen molar-refractivity contribution in [2.24, 2.45) is 0 Å². The minimum absolute atomic E-state index is 0.0384. The lowest BCUT2D eigenvalue weighted by Gasteiger charge is -2.02. The average Bonchev–Trinajstić information content (AvgIpc) is 2.29. The van der Waals surface area contributed by atoms with Crippen LogP contribution in [0.3, 0.4) is 0 Å². The normalized spacial score (nSPS) is 9.81. The highest BCUT2D eigenvalue weighted by Gasteiger charge is 2.12. The Hall–Kier alpha value is -1.98. The molecule has 6 nitrogen and oxygen atoms in total. The van der Waals surface area contributed by atoms with Gasteiger partial charge in [-0.25, -0.2) is 19.6 Å². The summed E-state index contributed by atoms with van der Waals surface area (Å²) in [4.78, 5) is 29.1. The molecule has 0 amide bonds. The number of carboxylic acids is 1. The van der Waals surface area contributed by atoms with Crippen molar-refractivity contribution in [3.8, 4) is 0 Å². The molecule has 0 saturated carbocycles. The van der Waals surface area contributed by atoms with Gasteiger partial charge in [0, 0.05) is 6.07 Å². The fourth-order valence-electron chi connectivity index (χ4n) is 0.969. The maximum absolute atomic E-state index is 11.4. The summed E-state index contributed by atoms with van der Waals surface area (Å²) >= 11 is 0. The van der Waals surface area contributed by atoms with Gasteiger partial charge in [0.1, 0.15) is 6.33 Å². The molecule has 1 aromatic heterocycles. The van der Waals surface area contributed by atoms with Crippen LogP contribution < -0.4 is 0 Å². The second-order valence-corrected chi connectivity index (χ2v) is 3.08. The van der Waals surface area contributed by atoms with Crippen molar-refractivity contribution >= 4 is 11.9 Å². The molecule has 0 atom stereocenters. The zero-order valence-electron chi connectivity index (χ0n) is 8.84. The first-order chi connectivity index (χ1) is 7.65. The van der Waals surface area contributed by atoms with Crippen LogP contribution in [-0.4, -0.2) is 33.6 Å². The fourth-order valence-corrected chi connectivity index (χ4v) is 0.969. The van der Waals surface area contributed by atoms with E-state index in [4.69, 9.17) is 9.84 Å². The smallest absolute Gasteiger partial charge is 0.357 e. The number of carboxylic acid groups (broad SMARTS) is 1. The Morgan fingerprint density at radius 3 is 2.69 bits per heavy atom. The summed E-state index contributed by atoms with van der Waals surface area (Å²) in [5, 5.41) is 8.66. The van der Waals surface area contributed by atoms with Gasteiger partial charge in [-0.1, -0.05) is 13.3 Å². The first-order valence-corrected chi connectivity index (χ1v) is 4.87. The maximum atomic E-state index is 11.4. The van der Waals surface area contributed by atoms with Gasteiger partial charge in [0.2, 0.25) is 0 Å². The van der Waals surface area contributed by atoms with Crippen LogP contribution in [0, 0.1) is 0 Å². The molecule has 0 bridgehead atoms. The van der Waals surface area contributed by atoms with E-state index in [-0.39, 0.29) is 11.4 Å². The van der Waals surface area contributed by atoms with E-state index in [9.17, 15) is 9.59 Å². The minimum atomic E-state index is -1.20. The van der Waals surface area contributed by atoms with Gasteiger partial charge in [-0.15, -0.1) is 0 Å². The highest BCUT2D eigenvalue weighted by atomic mass is 16.5. The highest BCUT2D eigenvalue weighted by Crippen LogP contribution is 2.01. The first-order valence-electron chi connectivity index (χ1n) is 4.87. The molecule has 6 heteroatoms. The van der Waals surface area contributed by atoms with Crippen LogP contribution in [0.2, 0.25) is 0 Å². The van der Waals surface area contributed by atoms with Crippen LogP contribution in [0.1, 0.15) is 40.7 Å². The van der Waals surface area contributed by atoms with Crippen molar-refractivity contribution in [3.63, 3.8) is 0 Å². The quantitative estimate of drug-likeness (QED) is 0.595. The van der Waals surface area contributed by atoms with Crippen LogP contribution in [-0.2, 0) is 4.74 Å². The molecule has 1 aromatic rings. The lowest BCUT2D eigenvalue weighted by Crippen LogP contribution is -2.11. The van der Waals surface area contributed by atoms with Crippen molar-refractivity contribution in [2.45, 2.75) is 19.8 Å². The van der Waals surface area contributed by atoms with Gasteiger partial charge >= 0.3 is 11.9 Å². The molecule has 0 aliphatic heterocycles. The van der Waals surface area contributed by atoms with E-state index in [0.717, 1.165) is 25.2 Å². The van der Waals surface area contributed by atoms with Crippen molar-refractivity contribution < 1.29 is 19.4 Å². The number of aromatic nitrogens is 2. The Bertz CT molecular complexity index is 392. The standard InChI is InChI=1S/C10H12N2O4/c1-2-3-4-16-10(15)8-5-7(9(13)14)11-6-12-8/h5-6H,2-4H2,1H3,(H,13,14). The number of aromatic carboxylic acids is 1. The summed E-state index contributed by atoms with van der Waals surface area (Å²) < 4.78 is 4.88. The lowest BCUT2D eigenvalue weighted by molar-refractivity contribution is 0.0492. The largest absolute Gasteiger partial charge is 0.477 e. The Balaban J connectivity index is 2.68. The van der Waals surface area contributed by atoms with Crippen LogP contribution in [0.15, 0.2) is 12.4 Å². The topological polar surface area (TPSA) is 89.4 Å². The number of unbranched alkanes of at least 4 members (excludes halogenated alkanes) is 1. The third-order valence-corrected chi connectivity index (χ3v) is 1.83. The van der Waals surface area contributed by atoms with E-state index < -0.39 is 11.9 Å². The monoisotopic (exact) mass is 224 g/mol. The van der Waals surface area contributed by atoms with Crippen molar-refractivity contribution in [3.05, 3.63) is 23.8 Å². The number of hydrogen-bond acceptors (Lipinski definition) is 5.